The number of carbonyl (C=O) groups excluding carboxylic acids is 1. The average molecular weight is 356 g/mol. The zero-order valence-electron chi connectivity index (χ0n) is 14.5. The van der Waals surface area contributed by atoms with Gasteiger partial charge in [-0.2, -0.15) is 11.8 Å². The lowest BCUT2D eigenvalue weighted by Crippen LogP contribution is -2.43. The zero-order valence-corrected chi connectivity index (χ0v) is 16.1. The standard InChI is InChI=1S/C17H29N3OS2/c1-13(2)20-7-4-5-15(10-20)9-18-17(21)6-8-22-11-16-12-23-14(3)19-16/h12-13,15H,4-11H2,1-3H3,(H,18,21)/t15-/m1/s1. The second-order valence-corrected chi connectivity index (χ2v) is 8.73. The maximum Gasteiger partial charge on any atom is 0.220 e. The highest BCUT2D eigenvalue weighted by Crippen LogP contribution is 2.18. The van der Waals surface area contributed by atoms with E-state index in [-0.39, 0.29) is 5.91 Å². The Labute approximate surface area is 148 Å². The highest BCUT2D eigenvalue weighted by molar-refractivity contribution is 7.98. The number of aromatic nitrogens is 1. The smallest absolute Gasteiger partial charge is 0.220 e. The van der Waals surface area contributed by atoms with Crippen molar-refractivity contribution in [3.8, 4) is 0 Å². The number of thioether (sulfide) groups is 1. The molecule has 1 aromatic heterocycles. The predicted molar refractivity (Wildman–Crippen MR) is 100 cm³/mol. The van der Waals surface area contributed by atoms with E-state index in [0.29, 0.717) is 18.4 Å². The van der Waals surface area contributed by atoms with Crippen LogP contribution < -0.4 is 5.32 Å². The normalized spacial score (nSPS) is 19.2. The van der Waals surface area contributed by atoms with Crippen LogP contribution in [-0.2, 0) is 10.5 Å². The maximum atomic E-state index is 12.0. The van der Waals surface area contributed by atoms with E-state index >= 15 is 0 Å². The molecular weight excluding hydrogens is 326 g/mol. The van der Waals surface area contributed by atoms with Gasteiger partial charge in [0, 0.05) is 42.4 Å². The molecule has 0 bridgehead atoms. The first-order chi connectivity index (χ1) is 11.0. The molecule has 1 amide bonds. The van der Waals surface area contributed by atoms with Crippen molar-refractivity contribution >= 4 is 29.0 Å². The van der Waals surface area contributed by atoms with Crippen molar-refractivity contribution in [2.75, 3.05) is 25.4 Å². The van der Waals surface area contributed by atoms with Gasteiger partial charge < -0.3 is 10.2 Å². The lowest BCUT2D eigenvalue weighted by molar-refractivity contribution is -0.120. The molecule has 0 unspecified atom stereocenters. The number of hydrogen-bond acceptors (Lipinski definition) is 5. The molecule has 0 radical (unpaired) electrons. The van der Waals surface area contributed by atoms with Crippen LogP contribution in [-0.4, -0.2) is 47.2 Å². The summed E-state index contributed by atoms with van der Waals surface area (Å²) in [5, 5.41) is 6.34. The van der Waals surface area contributed by atoms with Gasteiger partial charge in [0.1, 0.15) is 0 Å². The Morgan fingerprint density at radius 2 is 2.39 bits per heavy atom. The molecule has 6 heteroatoms. The highest BCUT2D eigenvalue weighted by Gasteiger charge is 2.21. The minimum atomic E-state index is 0.189. The summed E-state index contributed by atoms with van der Waals surface area (Å²) >= 11 is 3.48. The van der Waals surface area contributed by atoms with Crippen LogP contribution in [0.25, 0.3) is 0 Å². The van der Waals surface area contributed by atoms with Crippen LogP contribution in [0.4, 0.5) is 0 Å². The quantitative estimate of drug-likeness (QED) is 0.727. The number of rotatable bonds is 8. The number of aryl methyl sites for hydroxylation is 1. The van der Waals surface area contributed by atoms with Gasteiger partial charge in [-0.25, -0.2) is 4.98 Å². The summed E-state index contributed by atoms with van der Waals surface area (Å²) in [5.41, 5.74) is 1.13. The number of likely N-dealkylation sites (tertiary alicyclic amines) is 1. The first-order valence-electron chi connectivity index (χ1n) is 8.54. The van der Waals surface area contributed by atoms with E-state index in [2.05, 4.69) is 34.4 Å². The van der Waals surface area contributed by atoms with Crippen molar-refractivity contribution in [3.63, 3.8) is 0 Å². The fourth-order valence-electron chi connectivity index (χ4n) is 2.90. The Kier molecular flexibility index (Phi) is 7.86. The van der Waals surface area contributed by atoms with Crippen LogP contribution in [0.15, 0.2) is 5.38 Å². The molecule has 1 saturated heterocycles. The first-order valence-corrected chi connectivity index (χ1v) is 10.6. The van der Waals surface area contributed by atoms with E-state index in [1.807, 2.05) is 6.92 Å². The largest absolute Gasteiger partial charge is 0.356 e. The summed E-state index contributed by atoms with van der Waals surface area (Å²) in [7, 11) is 0. The molecule has 4 nitrogen and oxygen atoms in total. The molecule has 1 aliphatic heterocycles. The van der Waals surface area contributed by atoms with Crippen molar-refractivity contribution in [1.29, 1.82) is 0 Å². The van der Waals surface area contributed by atoms with Crippen molar-refractivity contribution < 1.29 is 4.79 Å². The van der Waals surface area contributed by atoms with Crippen molar-refractivity contribution in [3.05, 3.63) is 16.1 Å². The summed E-state index contributed by atoms with van der Waals surface area (Å²) in [4.78, 5) is 18.9. The molecule has 0 saturated carbocycles. The first kappa shape index (κ1) is 18.7. The SMILES string of the molecule is Cc1nc(CSCCC(=O)NC[C@H]2CCCN(C(C)C)C2)cs1. The van der Waals surface area contributed by atoms with Crippen LogP contribution in [0.1, 0.15) is 43.8 Å². The van der Waals surface area contributed by atoms with Crippen LogP contribution in [0.2, 0.25) is 0 Å². The predicted octanol–water partition coefficient (Wildman–Crippen LogP) is 3.31. The van der Waals surface area contributed by atoms with E-state index in [9.17, 15) is 4.79 Å². The second-order valence-electron chi connectivity index (χ2n) is 6.56. The summed E-state index contributed by atoms with van der Waals surface area (Å²) < 4.78 is 0. The van der Waals surface area contributed by atoms with Crippen LogP contribution in [0, 0.1) is 12.8 Å². The summed E-state index contributed by atoms with van der Waals surface area (Å²) in [6, 6.07) is 0.610. The lowest BCUT2D eigenvalue weighted by Gasteiger charge is -2.35. The molecule has 1 atom stereocenters. The number of nitrogens with one attached hydrogen (secondary N) is 1. The molecule has 1 aliphatic rings. The van der Waals surface area contributed by atoms with Gasteiger partial charge >= 0.3 is 0 Å². The van der Waals surface area contributed by atoms with Gasteiger partial charge in [-0.3, -0.25) is 4.79 Å². The lowest BCUT2D eigenvalue weighted by atomic mass is 9.97. The third kappa shape index (κ3) is 6.81. The van der Waals surface area contributed by atoms with E-state index in [4.69, 9.17) is 0 Å². The van der Waals surface area contributed by atoms with Gasteiger partial charge in [-0.1, -0.05) is 0 Å². The van der Waals surface area contributed by atoms with Crippen molar-refractivity contribution in [2.45, 2.75) is 51.8 Å². The number of carbonyl (C=O) groups is 1. The Bertz CT molecular complexity index is 490. The Balaban J connectivity index is 1.56. The number of hydrogen-bond donors (Lipinski definition) is 1. The van der Waals surface area contributed by atoms with E-state index in [1.54, 1.807) is 23.1 Å². The molecule has 1 fully saturated rings. The molecule has 2 rings (SSSR count). The highest BCUT2D eigenvalue weighted by atomic mass is 32.2. The molecule has 23 heavy (non-hydrogen) atoms. The Morgan fingerprint density at radius 3 is 3.09 bits per heavy atom. The minimum Gasteiger partial charge on any atom is -0.356 e. The van der Waals surface area contributed by atoms with Crippen LogP contribution in [0.3, 0.4) is 0 Å². The molecule has 0 spiro atoms. The number of piperidine rings is 1. The van der Waals surface area contributed by atoms with Gasteiger partial charge in [0.05, 0.1) is 10.7 Å². The molecule has 0 aliphatic carbocycles. The average Bonchev–Trinajstić information content (AvgIpc) is 2.95. The van der Waals surface area contributed by atoms with Crippen LogP contribution in [0.5, 0.6) is 0 Å². The van der Waals surface area contributed by atoms with Gasteiger partial charge in [0.2, 0.25) is 5.91 Å². The minimum absolute atomic E-state index is 0.189. The molecule has 2 heterocycles. The Morgan fingerprint density at radius 1 is 1.57 bits per heavy atom. The molecule has 130 valence electrons. The fraction of sp³-hybridized carbons (Fsp3) is 0.765. The van der Waals surface area contributed by atoms with Crippen LogP contribution >= 0.6 is 23.1 Å². The molecule has 1 aromatic rings. The topological polar surface area (TPSA) is 45.2 Å². The maximum absolute atomic E-state index is 12.0. The van der Waals surface area contributed by atoms with E-state index in [1.165, 1.54) is 19.4 Å². The third-order valence-corrected chi connectivity index (χ3v) is 6.07. The second kappa shape index (κ2) is 9.64. The molecular formula is C17H29N3OS2. The van der Waals surface area contributed by atoms with Gasteiger partial charge in [-0.15, -0.1) is 11.3 Å². The van der Waals surface area contributed by atoms with E-state index < -0.39 is 0 Å². The number of nitrogens with zero attached hydrogens (tertiary/aromatic N) is 2. The molecule has 1 N–H and O–H groups in total. The number of thiazole rings is 1. The van der Waals surface area contributed by atoms with Gasteiger partial charge in [-0.05, 0) is 46.1 Å². The Hall–Kier alpha value is -0.590. The molecule has 0 aromatic carbocycles. The zero-order chi connectivity index (χ0) is 16.7. The van der Waals surface area contributed by atoms with Gasteiger partial charge in [0.25, 0.3) is 0 Å². The monoisotopic (exact) mass is 355 g/mol. The third-order valence-electron chi connectivity index (χ3n) is 4.26. The number of amides is 1. The summed E-state index contributed by atoms with van der Waals surface area (Å²) in [6.45, 7) is 9.69. The van der Waals surface area contributed by atoms with E-state index in [0.717, 1.165) is 35.3 Å². The summed E-state index contributed by atoms with van der Waals surface area (Å²) in [5.74, 6) is 2.57. The summed E-state index contributed by atoms with van der Waals surface area (Å²) in [6.07, 6.45) is 3.09. The van der Waals surface area contributed by atoms with Gasteiger partial charge in [0.15, 0.2) is 0 Å². The van der Waals surface area contributed by atoms with Crippen molar-refractivity contribution in [1.82, 2.24) is 15.2 Å². The fourth-order valence-corrected chi connectivity index (χ4v) is 4.44. The van der Waals surface area contributed by atoms with Crippen molar-refractivity contribution in [2.24, 2.45) is 5.92 Å².